The van der Waals surface area contributed by atoms with E-state index in [0.29, 0.717) is 23.0 Å². The van der Waals surface area contributed by atoms with Crippen LogP contribution >= 0.6 is 0 Å². The molecule has 0 saturated carbocycles. The maximum atomic E-state index is 5.95. The number of pyridine rings is 1. The van der Waals surface area contributed by atoms with Crippen LogP contribution in [0.2, 0.25) is 0 Å². The number of aromatic nitrogens is 5. The Kier molecular flexibility index (Phi) is 3.20. The lowest BCUT2D eigenvalue weighted by Crippen LogP contribution is -2.08. The lowest BCUT2D eigenvalue weighted by atomic mass is 10.2. The molecule has 3 aromatic heterocycles. The summed E-state index contributed by atoms with van der Waals surface area (Å²) in [6.45, 7) is 0. The molecule has 0 aliphatic rings. The highest BCUT2D eigenvalue weighted by atomic mass is 15.3. The summed E-state index contributed by atoms with van der Waals surface area (Å²) in [4.78, 5) is 12.8. The highest BCUT2D eigenvalue weighted by Crippen LogP contribution is 2.24. The van der Waals surface area contributed by atoms with E-state index in [4.69, 9.17) is 11.6 Å². The Bertz CT molecular complexity index is 779. The van der Waals surface area contributed by atoms with Gasteiger partial charge < -0.3 is 11.2 Å². The van der Waals surface area contributed by atoms with Crippen LogP contribution in [0.5, 0.6) is 0 Å². The zero-order valence-electron chi connectivity index (χ0n) is 11.4. The summed E-state index contributed by atoms with van der Waals surface area (Å²) in [7, 11) is 1.77. The van der Waals surface area contributed by atoms with Gasteiger partial charge in [-0.3, -0.25) is 4.68 Å². The topological polar surface area (TPSA) is 121 Å². The van der Waals surface area contributed by atoms with Crippen molar-refractivity contribution in [2.45, 2.75) is 0 Å². The second kappa shape index (κ2) is 5.17. The summed E-state index contributed by atoms with van der Waals surface area (Å²) in [6, 6.07) is 5.46. The van der Waals surface area contributed by atoms with Crippen LogP contribution in [0.15, 0.2) is 36.8 Å². The predicted octanol–water partition coefficient (Wildman–Crippen LogP) is 0.807. The number of aryl methyl sites for hydroxylation is 1. The summed E-state index contributed by atoms with van der Waals surface area (Å²) >= 11 is 0. The van der Waals surface area contributed by atoms with Gasteiger partial charge in [-0.25, -0.2) is 20.8 Å². The van der Waals surface area contributed by atoms with Gasteiger partial charge in [0.15, 0.2) is 5.82 Å². The first-order valence-corrected chi connectivity index (χ1v) is 6.23. The van der Waals surface area contributed by atoms with Crippen LogP contribution in [-0.2, 0) is 7.05 Å². The second-order valence-corrected chi connectivity index (χ2v) is 4.41. The maximum absolute atomic E-state index is 5.95. The fourth-order valence-corrected chi connectivity index (χ4v) is 1.94. The highest BCUT2D eigenvalue weighted by Gasteiger charge is 2.11. The third kappa shape index (κ3) is 2.39. The fourth-order valence-electron chi connectivity index (χ4n) is 1.94. The molecule has 0 bridgehead atoms. The molecule has 8 nitrogen and oxygen atoms in total. The van der Waals surface area contributed by atoms with E-state index in [9.17, 15) is 0 Å². The molecule has 0 radical (unpaired) electrons. The van der Waals surface area contributed by atoms with Crippen LogP contribution in [0.25, 0.3) is 22.6 Å². The van der Waals surface area contributed by atoms with Crippen molar-refractivity contribution >= 4 is 11.6 Å². The Balaban J connectivity index is 2.05. The normalized spacial score (nSPS) is 10.6. The van der Waals surface area contributed by atoms with Crippen LogP contribution < -0.4 is 17.0 Å². The molecule has 3 rings (SSSR count). The highest BCUT2D eigenvalue weighted by molar-refractivity contribution is 5.70. The van der Waals surface area contributed by atoms with E-state index in [0.717, 1.165) is 11.3 Å². The Hall–Kier alpha value is -3.00. The SMILES string of the molecule is Cn1ncc(-c2nccc(-c3ccnc(NN)c3)n2)c1N. The van der Waals surface area contributed by atoms with Crippen LogP contribution in [0.4, 0.5) is 11.6 Å². The summed E-state index contributed by atoms with van der Waals surface area (Å²) in [5.74, 6) is 6.98. The minimum Gasteiger partial charge on any atom is -0.383 e. The molecule has 0 unspecified atom stereocenters. The van der Waals surface area contributed by atoms with E-state index in [1.54, 1.807) is 36.4 Å². The summed E-state index contributed by atoms with van der Waals surface area (Å²) in [5.41, 5.74) is 10.8. The number of hydrogen-bond donors (Lipinski definition) is 3. The molecule has 0 aromatic carbocycles. The third-order valence-electron chi connectivity index (χ3n) is 3.08. The predicted molar refractivity (Wildman–Crippen MR) is 79.7 cm³/mol. The molecule has 3 heterocycles. The van der Waals surface area contributed by atoms with Gasteiger partial charge in [-0.2, -0.15) is 5.10 Å². The van der Waals surface area contributed by atoms with E-state index in [1.807, 2.05) is 12.1 Å². The van der Waals surface area contributed by atoms with Crippen LogP contribution in [-0.4, -0.2) is 24.7 Å². The molecule has 106 valence electrons. The first-order valence-electron chi connectivity index (χ1n) is 6.23. The van der Waals surface area contributed by atoms with Crippen LogP contribution in [0, 0.1) is 0 Å². The summed E-state index contributed by atoms with van der Waals surface area (Å²) in [5, 5.41) is 4.10. The molecule has 0 spiro atoms. The number of nitrogens with one attached hydrogen (secondary N) is 1. The van der Waals surface area contributed by atoms with Crippen molar-refractivity contribution in [2.75, 3.05) is 11.2 Å². The zero-order chi connectivity index (χ0) is 14.8. The molecular weight excluding hydrogens is 268 g/mol. The smallest absolute Gasteiger partial charge is 0.165 e. The van der Waals surface area contributed by atoms with Gasteiger partial charge in [-0.1, -0.05) is 0 Å². The Morgan fingerprint density at radius 1 is 1.19 bits per heavy atom. The molecule has 3 aromatic rings. The van der Waals surface area contributed by atoms with Gasteiger partial charge in [0.05, 0.1) is 17.5 Å². The Morgan fingerprint density at radius 2 is 2.00 bits per heavy atom. The average molecular weight is 282 g/mol. The largest absolute Gasteiger partial charge is 0.383 e. The van der Waals surface area contributed by atoms with E-state index < -0.39 is 0 Å². The lowest BCUT2D eigenvalue weighted by molar-refractivity contribution is 0.779. The number of nitrogen functional groups attached to an aromatic ring is 2. The number of nitrogens with zero attached hydrogens (tertiary/aromatic N) is 5. The van der Waals surface area contributed by atoms with Crippen LogP contribution in [0.3, 0.4) is 0 Å². The van der Waals surface area contributed by atoms with E-state index >= 15 is 0 Å². The van der Waals surface area contributed by atoms with Crippen molar-refractivity contribution in [1.29, 1.82) is 0 Å². The Labute approximate surface area is 120 Å². The van der Waals surface area contributed by atoms with E-state index in [2.05, 4.69) is 25.5 Å². The van der Waals surface area contributed by atoms with Crippen molar-refractivity contribution in [3.05, 3.63) is 36.8 Å². The maximum Gasteiger partial charge on any atom is 0.165 e. The van der Waals surface area contributed by atoms with E-state index in [1.165, 1.54) is 0 Å². The molecule has 0 amide bonds. The number of hydrazine groups is 1. The first kappa shape index (κ1) is 13.0. The quantitative estimate of drug-likeness (QED) is 0.480. The van der Waals surface area contributed by atoms with E-state index in [-0.39, 0.29) is 0 Å². The van der Waals surface area contributed by atoms with Gasteiger partial charge >= 0.3 is 0 Å². The molecule has 8 heteroatoms. The van der Waals surface area contributed by atoms with Gasteiger partial charge in [0.2, 0.25) is 0 Å². The lowest BCUT2D eigenvalue weighted by Gasteiger charge is -2.05. The molecule has 0 fully saturated rings. The van der Waals surface area contributed by atoms with Crippen molar-refractivity contribution in [2.24, 2.45) is 12.9 Å². The van der Waals surface area contributed by atoms with Crippen molar-refractivity contribution < 1.29 is 0 Å². The number of anilines is 2. The number of nitrogens with two attached hydrogens (primary N) is 2. The fraction of sp³-hybridized carbons (Fsp3) is 0.0769. The summed E-state index contributed by atoms with van der Waals surface area (Å²) in [6.07, 6.45) is 4.98. The molecule has 0 atom stereocenters. The molecule has 0 aliphatic heterocycles. The number of hydrogen-bond acceptors (Lipinski definition) is 7. The van der Waals surface area contributed by atoms with Gasteiger partial charge in [-0.05, 0) is 18.2 Å². The van der Waals surface area contributed by atoms with Gasteiger partial charge in [0, 0.05) is 25.0 Å². The van der Waals surface area contributed by atoms with Crippen LogP contribution in [0.1, 0.15) is 0 Å². The van der Waals surface area contributed by atoms with Crippen molar-refractivity contribution in [1.82, 2.24) is 24.7 Å². The Morgan fingerprint density at radius 3 is 2.71 bits per heavy atom. The number of rotatable bonds is 3. The van der Waals surface area contributed by atoms with Crippen molar-refractivity contribution in [3.8, 4) is 22.6 Å². The molecule has 0 aliphatic carbocycles. The molecule has 0 saturated heterocycles. The standard InChI is InChI=1S/C13H14N8/c1-21-12(14)9(7-18-21)13-17-5-3-10(19-13)8-2-4-16-11(6-8)20-15/h2-7H,14-15H2,1H3,(H,16,20). The second-order valence-electron chi connectivity index (χ2n) is 4.41. The first-order chi connectivity index (χ1) is 10.2. The monoisotopic (exact) mass is 282 g/mol. The minimum absolute atomic E-state index is 0.520. The average Bonchev–Trinajstić information content (AvgIpc) is 2.87. The third-order valence-corrected chi connectivity index (χ3v) is 3.08. The zero-order valence-corrected chi connectivity index (χ0v) is 11.4. The minimum atomic E-state index is 0.520. The van der Waals surface area contributed by atoms with Gasteiger partial charge in [-0.15, -0.1) is 0 Å². The van der Waals surface area contributed by atoms with Crippen molar-refractivity contribution in [3.63, 3.8) is 0 Å². The molecular formula is C13H14N8. The molecule has 21 heavy (non-hydrogen) atoms. The van der Waals surface area contributed by atoms with Gasteiger partial charge in [0.1, 0.15) is 11.6 Å². The molecule has 5 N–H and O–H groups in total. The summed E-state index contributed by atoms with van der Waals surface area (Å²) < 4.78 is 1.58. The van der Waals surface area contributed by atoms with Gasteiger partial charge in [0.25, 0.3) is 0 Å².